The van der Waals surface area contributed by atoms with E-state index in [9.17, 15) is 10.1 Å². The molecule has 0 N–H and O–H groups in total. The normalized spacial score (nSPS) is 9.92. The summed E-state index contributed by atoms with van der Waals surface area (Å²) in [5.74, 6) is 0.575. The van der Waals surface area contributed by atoms with E-state index >= 15 is 0 Å². The van der Waals surface area contributed by atoms with Gasteiger partial charge in [0.25, 0.3) is 0 Å². The Morgan fingerprint density at radius 2 is 2.54 bits per heavy atom. The van der Waals surface area contributed by atoms with Crippen molar-refractivity contribution in [3.63, 3.8) is 0 Å². The molecule has 0 aromatic carbocycles. The molecule has 1 aromatic heterocycles. The van der Waals surface area contributed by atoms with E-state index in [-0.39, 0.29) is 11.7 Å². The van der Waals surface area contributed by atoms with Crippen LogP contribution in [0.1, 0.15) is 5.82 Å². The quantitative estimate of drug-likeness (QED) is 0.323. The topological polar surface area (TPSA) is 61.0 Å². The van der Waals surface area contributed by atoms with Gasteiger partial charge in [0.2, 0.25) is 5.82 Å². The van der Waals surface area contributed by atoms with Gasteiger partial charge in [-0.1, -0.05) is 12.7 Å². The fourth-order valence-corrected chi connectivity index (χ4v) is 1.20. The predicted molar refractivity (Wildman–Crippen MR) is 48.6 cm³/mol. The minimum Gasteiger partial charge on any atom is -0.358 e. The van der Waals surface area contributed by atoms with Gasteiger partial charge in [-0.05, 0) is 4.92 Å². The number of aromatic nitrogens is 2. The summed E-state index contributed by atoms with van der Waals surface area (Å²) in [4.78, 5) is 13.8. The Balaban J connectivity index is 3.12. The highest BCUT2D eigenvalue weighted by Gasteiger charge is 2.17. The minimum atomic E-state index is -0.494. The Morgan fingerprint density at radius 3 is 3.00 bits per heavy atom. The van der Waals surface area contributed by atoms with Gasteiger partial charge in [0, 0.05) is 0 Å². The smallest absolute Gasteiger partial charge is 0.343 e. The molecule has 0 aliphatic rings. The molecule has 0 saturated heterocycles. The molecule has 1 heterocycles. The second-order valence-corrected chi connectivity index (χ2v) is 2.59. The number of alkyl halides is 1. The molecule has 0 unspecified atom stereocenters. The lowest BCUT2D eigenvalue weighted by Crippen LogP contribution is -2.04. The maximum Gasteiger partial charge on any atom is 0.343 e. The molecule has 0 radical (unpaired) electrons. The summed E-state index contributed by atoms with van der Waals surface area (Å²) < 4.78 is 1.42. The standard InChI is InChI=1S/C7H8ClN3O2/c1-2-3-10-6(4-8)9-5-7(10)11(12)13/h2,5H,1,3-4H2. The van der Waals surface area contributed by atoms with Gasteiger partial charge in [0.1, 0.15) is 18.6 Å². The lowest BCUT2D eigenvalue weighted by atomic mass is 10.5. The largest absolute Gasteiger partial charge is 0.358 e. The summed E-state index contributed by atoms with van der Waals surface area (Å²) in [5, 5.41) is 10.5. The van der Waals surface area contributed by atoms with Crippen molar-refractivity contribution in [3.05, 3.63) is 34.8 Å². The van der Waals surface area contributed by atoms with Gasteiger partial charge in [0.05, 0.1) is 0 Å². The third-order valence-corrected chi connectivity index (χ3v) is 1.77. The average Bonchev–Trinajstić information content (AvgIpc) is 2.48. The Hall–Kier alpha value is -1.36. The fourth-order valence-electron chi connectivity index (χ4n) is 0.984. The first kappa shape index (κ1) is 9.73. The molecule has 0 atom stereocenters. The van der Waals surface area contributed by atoms with Crippen LogP contribution in [-0.4, -0.2) is 14.5 Å². The maximum absolute atomic E-state index is 10.5. The number of allylic oxidation sites excluding steroid dienone is 1. The van der Waals surface area contributed by atoms with E-state index in [0.29, 0.717) is 12.4 Å². The van der Waals surface area contributed by atoms with Gasteiger partial charge < -0.3 is 10.1 Å². The van der Waals surface area contributed by atoms with Crippen molar-refractivity contribution in [1.82, 2.24) is 9.55 Å². The molecule has 6 heteroatoms. The zero-order valence-electron chi connectivity index (χ0n) is 6.81. The monoisotopic (exact) mass is 201 g/mol. The van der Waals surface area contributed by atoms with E-state index in [4.69, 9.17) is 11.6 Å². The summed E-state index contributed by atoms with van der Waals surface area (Å²) in [6, 6.07) is 0. The summed E-state index contributed by atoms with van der Waals surface area (Å²) in [7, 11) is 0. The fraction of sp³-hybridized carbons (Fsp3) is 0.286. The molecule has 13 heavy (non-hydrogen) atoms. The van der Waals surface area contributed by atoms with Crippen molar-refractivity contribution in [2.45, 2.75) is 12.4 Å². The van der Waals surface area contributed by atoms with E-state index in [1.807, 2.05) is 0 Å². The van der Waals surface area contributed by atoms with E-state index in [0.717, 1.165) is 0 Å². The second-order valence-electron chi connectivity index (χ2n) is 2.32. The lowest BCUT2D eigenvalue weighted by molar-refractivity contribution is -0.392. The Labute approximate surface area is 79.8 Å². The van der Waals surface area contributed by atoms with Crippen LogP contribution in [0.5, 0.6) is 0 Å². The number of rotatable bonds is 4. The molecular weight excluding hydrogens is 194 g/mol. The minimum absolute atomic E-state index is 0.0597. The SMILES string of the molecule is C=CCn1c([N+](=O)[O-])cnc1CCl. The molecule has 0 amide bonds. The number of hydrogen-bond acceptors (Lipinski definition) is 3. The number of imidazole rings is 1. The van der Waals surface area contributed by atoms with Crippen LogP contribution in [0.15, 0.2) is 18.9 Å². The van der Waals surface area contributed by atoms with Crippen LogP contribution in [0.3, 0.4) is 0 Å². The van der Waals surface area contributed by atoms with E-state index in [2.05, 4.69) is 11.6 Å². The van der Waals surface area contributed by atoms with Crippen LogP contribution in [0, 0.1) is 10.1 Å². The van der Waals surface area contributed by atoms with Crippen LogP contribution in [-0.2, 0) is 12.4 Å². The van der Waals surface area contributed by atoms with Crippen LogP contribution in [0.2, 0.25) is 0 Å². The first-order valence-corrected chi connectivity index (χ1v) is 4.09. The van der Waals surface area contributed by atoms with Gasteiger partial charge in [-0.15, -0.1) is 11.6 Å². The molecule has 1 rings (SSSR count). The van der Waals surface area contributed by atoms with Crippen LogP contribution in [0.25, 0.3) is 0 Å². The molecular formula is C7H8ClN3O2. The van der Waals surface area contributed by atoms with Gasteiger partial charge >= 0.3 is 5.82 Å². The van der Waals surface area contributed by atoms with Crippen molar-refractivity contribution in [2.24, 2.45) is 0 Å². The molecule has 0 bridgehead atoms. The van der Waals surface area contributed by atoms with Gasteiger partial charge in [-0.3, -0.25) is 0 Å². The number of hydrogen-bond donors (Lipinski definition) is 0. The predicted octanol–water partition coefficient (Wildman–Crippen LogP) is 1.72. The first-order valence-electron chi connectivity index (χ1n) is 3.56. The molecule has 5 nitrogen and oxygen atoms in total. The molecule has 70 valence electrons. The molecule has 0 saturated carbocycles. The Bertz CT molecular complexity index is 334. The molecule has 0 spiro atoms. The Morgan fingerprint density at radius 1 is 1.85 bits per heavy atom. The maximum atomic E-state index is 10.5. The third kappa shape index (κ3) is 1.86. The Kier molecular flexibility index (Phi) is 3.02. The van der Waals surface area contributed by atoms with Gasteiger partial charge in [0.15, 0.2) is 0 Å². The molecule has 0 fully saturated rings. The van der Waals surface area contributed by atoms with Crippen molar-refractivity contribution in [1.29, 1.82) is 0 Å². The van der Waals surface area contributed by atoms with Crippen molar-refractivity contribution in [2.75, 3.05) is 0 Å². The van der Waals surface area contributed by atoms with Crippen molar-refractivity contribution in [3.8, 4) is 0 Å². The first-order chi connectivity index (χ1) is 6.20. The summed E-state index contributed by atoms with van der Waals surface area (Å²) in [6.45, 7) is 3.84. The van der Waals surface area contributed by atoms with E-state index < -0.39 is 4.92 Å². The average molecular weight is 202 g/mol. The lowest BCUT2D eigenvalue weighted by Gasteiger charge is -1.98. The molecule has 0 aliphatic carbocycles. The van der Waals surface area contributed by atoms with Gasteiger partial charge in [-0.2, -0.15) is 0 Å². The number of nitro groups is 1. The summed E-state index contributed by atoms with van der Waals surface area (Å²) in [6.07, 6.45) is 2.76. The van der Waals surface area contributed by atoms with Crippen molar-refractivity contribution >= 4 is 17.4 Å². The third-order valence-electron chi connectivity index (χ3n) is 1.54. The van der Waals surface area contributed by atoms with Gasteiger partial charge in [-0.25, -0.2) is 9.55 Å². The number of nitrogens with zero attached hydrogens (tertiary/aromatic N) is 3. The van der Waals surface area contributed by atoms with Crippen LogP contribution < -0.4 is 0 Å². The summed E-state index contributed by atoms with van der Waals surface area (Å²) >= 11 is 5.55. The zero-order chi connectivity index (χ0) is 9.84. The second kappa shape index (κ2) is 4.04. The van der Waals surface area contributed by atoms with Crippen molar-refractivity contribution < 1.29 is 4.92 Å². The number of halogens is 1. The highest BCUT2D eigenvalue weighted by atomic mass is 35.5. The zero-order valence-corrected chi connectivity index (χ0v) is 7.57. The highest BCUT2D eigenvalue weighted by Crippen LogP contribution is 2.15. The van der Waals surface area contributed by atoms with E-state index in [1.54, 1.807) is 6.08 Å². The molecule has 1 aromatic rings. The summed E-state index contributed by atoms with van der Waals surface area (Å²) in [5.41, 5.74) is 0. The highest BCUT2D eigenvalue weighted by molar-refractivity contribution is 6.16. The van der Waals surface area contributed by atoms with E-state index in [1.165, 1.54) is 10.8 Å². The van der Waals surface area contributed by atoms with Crippen LogP contribution in [0.4, 0.5) is 5.82 Å². The van der Waals surface area contributed by atoms with Crippen LogP contribution >= 0.6 is 11.6 Å². The molecule has 0 aliphatic heterocycles.